The standard InChI is InChI=1S/C18H25N3O2/c1-13-4-3-5-15(10-13)18-20-19-17(23-18)11-21(2)16-8-6-14(12-22)7-9-16/h3-5,10,14,16,22H,6-9,11-12H2,1-2H3. The molecule has 1 N–H and O–H groups in total. The van der Waals surface area contributed by atoms with Crippen LogP contribution >= 0.6 is 0 Å². The number of hydrogen-bond acceptors (Lipinski definition) is 5. The van der Waals surface area contributed by atoms with Crippen LogP contribution in [0.3, 0.4) is 0 Å². The van der Waals surface area contributed by atoms with Crippen LogP contribution in [0, 0.1) is 12.8 Å². The van der Waals surface area contributed by atoms with E-state index in [0.717, 1.165) is 31.2 Å². The van der Waals surface area contributed by atoms with Gasteiger partial charge in [0.1, 0.15) is 0 Å². The van der Waals surface area contributed by atoms with Crippen LogP contribution in [0.2, 0.25) is 0 Å². The summed E-state index contributed by atoms with van der Waals surface area (Å²) in [4.78, 5) is 2.29. The number of aliphatic hydroxyl groups excluding tert-OH is 1. The Balaban J connectivity index is 1.60. The molecule has 0 radical (unpaired) electrons. The first-order valence-corrected chi connectivity index (χ1v) is 8.36. The van der Waals surface area contributed by atoms with Crippen molar-refractivity contribution in [3.05, 3.63) is 35.7 Å². The summed E-state index contributed by atoms with van der Waals surface area (Å²) in [6, 6.07) is 8.63. The molecule has 2 aromatic rings. The van der Waals surface area contributed by atoms with Crippen molar-refractivity contribution in [3.63, 3.8) is 0 Å². The Hall–Kier alpha value is -1.72. The van der Waals surface area contributed by atoms with Gasteiger partial charge in [-0.3, -0.25) is 4.90 Å². The molecular weight excluding hydrogens is 290 g/mol. The highest BCUT2D eigenvalue weighted by Gasteiger charge is 2.24. The van der Waals surface area contributed by atoms with Gasteiger partial charge in [0.2, 0.25) is 11.8 Å². The zero-order chi connectivity index (χ0) is 16.2. The number of rotatable bonds is 5. The van der Waals surface area contributed by atoms with E-state index in [0.29, 0.717) is 36.9 Å². The first-order valence-electron chi connectivity index (χ1n) is 8.36. The molecule has 1 aromatic carbocycles. The minimum atomic E-state index is 0.319. The second kappa shape index (κ2) is 7.23. The lowest BCUT2D eigenvalue weighted by Gasteiger charge is -2.33. The minimum absolute atomic E-state index is 0.319. The molecule has 1 aliphatic carbocycles. The van der Waals surface area contributed by atoms with Crippen LogP contribution in [0.15, 0.2) is 28.7 Å². The van der Waals surface area contributed by atoms with Gasteiger partial charge in [-0.1, -0.05) is 17.7 Å². The van der Waals surface area contributed by atoms with Crippen LogP contribution in [0.1, 0.15) is 37.1 Å². The molecule has 0 spiro atoms. The van der Waals surface area contributed by atoms with Gasteiger partial charge in [0, 0.05) is 18.2 Å². The van der Waals surface area contributed by atoms with Gasteiger partial charge < -0.3 is 9.52 Å². The molecule has 5 heteroatoms. The average molecular weight is 315 g/mol. The average Bonchev–Trinajstić information content (AvgIpc) is 3.03. The van der Waals surface area contributed by atoms with Gasteiger partial charge in [-0.15, -0.1) is 10.2 Å². The molecule has 1 aromatic heterocycles. The van der Waals surface area contributed by atoms with Gasteiger partial charge in [0.15, 0.2) is 0 Å². The Labute approximate surface area is 137 Å². The van der Waals surface area contributed by atoms with Gasteiger partial charge >= 0.3 is 0 Å². The van der Waals surface area contributed by atoms with Crippen molar-refractivity contribution in [2.45, 2.75) is 45.2 Å². The maximum Gasteiger partial charge on any atom is 0.247 e. The van der Waals surface area contributed by atoms with E-state index >= 15 is 0 Å². The minimum Gasteiger partial charge on any atom is -0.419 e. The van der Waals surface area contributed by atoms with Gasteiger partial charge in [-0.05, 0) is 57.7 Å². The van der Waals surface area contributed by atoms with Crippen molar-refractivity contribution >= 4 is 0 Å². The number of aliphatic hydroxyl groups is 1. The third-order valence-corrected chi connectivity index (χ3v) is 4.81. The smallest absolute Gasteiger partial charge is 0.247 e. The van der Waals surface area contributed by atoms with E-state index in [2.05, 4.69) is 41.2 Å². The topological polar surface area (TPSA) is 62.4 Å². The molecular formula is C18H25N3O2. The van der Waals surface area contributed by atoms with Crippen LogP contribution in [-0.2, 0) is 6.54 Å². The molecule has 0 unspecified atom stereocenters. The highest BCUT2D eigenvalue weighted by Crippen LogP contribution is 2.27. The molecule has 23 heavy (non-hydrogen) atoms. The van der Waals surface area contributed by atoms with Gasteiger partial charge in [-0.2, -0.15) is 0 Å². The molecule has 124 valence electrons. The number of aryl methyl sites for hydroxylation is 1. The molecule has 1 aliphatic rings. The van der Waals surface area contributed by atoms with E-state index in [1.165, 1.54) is 5.56 Å². The van der Waals surface area contributed by atoms with Gasteiger partial charge in [0.05, 0.1) is 6.54 Å². The first-order chi connectivity index (χ1) is 11.2. The van der Waals surface area contributed by atoms with Gasteiger partial charge in [-0.25, -0.2) is 0 Å². The van der Waals surface area contributed by atoms with E-state index in [9.17, 15) is 5.11 Å². The molecule has 3 rings (SSSR count). The summed E-state index contributed by atoms with van der Waals surface area (Å²) in [6.45, 7) is 3.05. The fraction of sp³-hybridized carbons (Fsp3) is 0.556. The quantitative estimate of drug-likeness (QED) is 0.919. The number of nitrogens with zero attached hydrogens (tertiary/aromatic N) is 3. The second-order valence-corrected chi connectivity index (χ2v) is 6.64. The molecule has 1 fully saturated rings. The summed E-state index contributed by atoms with van der Waals surface area (Å²) >= 11 is 0. The van der Waals surface area contributed by atoms with Crippen LogP contribution in [0.4, 0.5) is 0 Å². The van der Waals surface area contributed by atoms with E-state index < -0.39 is 0 Å². The molecule has 1 heterocycles. The zero-order valence-corrected chi connectivity index (χ0v) is 13.9. The zero-order valence-electron chi connectivity index (χ0n) is 13.9. The van der Waals surface area contributed by atoms with Crippen molar-refractivity contribution in [1.82, 2.24) is 15.1 Å². The van der Waals surface area contributed by atoms with Gasteiger partial charge in [0.25, 0.3) is 0 Å². The fourth-order valence-corrected chi connectivity index (χ4v) is 3.32. The predicted molar refractivity (Wildman–Crippen MR) is 88.8 cm³/mol. The van der Waals surface area contributed by atoms with Crippen LogP contribution in [-0.4, -0.2) is 39.9 Å². The Kier molecular flexibility index (Phi) is 5.08. The maximum atomic E-state index is 9.23. The summed E-state index contributed by atoms with van der Waals surface area (Å²) in [5, 5.41) is 17.6. The van der Waals surface area contributed by atoms with Crippen molar-refractivity contribution < 1.29 is 9.52 Å². The first kappa shape index (κ1) is 16.1. The van der Waals surface area contributed by atoms with E-state index in [1.807, 2.05) is 12.1 Å². The molecule has 0 aliphatic heterocycles. The van der Waals surface area contributed by atoms with Crippen molar-refractivity contribution in [2.75, 3.05) is 13.7 Å². The second-order valence-electron chi connectivity index (χ2n) is 6.64. The lowest BCUT2D eigenvalue weighted by atomic mass is 9.86. The highest BCUT2D eigenvalue weighted by atomic mass is 16.4. The third kappa shape index (κ3) is 3.98. The van der Waals surface area contributed by atoms with E-state index in [4.69, 9.17) is 4.42 Å². The predicted octanol–water partition coefficient (Wildman–Crippen LogP) is 3.03. The highest BCUT2D eigenvalue weighted by molar-refractivity contribution is 5.53. The summed E-state index contributed by atoms with van der Waals surface area (Å²) in [5.41, 5.74) is 2.15. The largest absolute Gasteiger partial charge is 0.419 e. The summed E-state index contributed by atoms with van der Waals surface area (Å²) in [6.07, 6.45) is 4.45. The summed E-state index contributed by atoms with van der Waals surface area (Å²) in [7, 11) is 2.11. The fourth-order valence-electron chi connectivity index (χ4n) is 3.32. The van der Waals surface area contributed by atoms with Crippen LogP contribution in [0.25, 0.3) is 11.5 Å². The number of hydrogen-bond donors (Lipinski definition) is 1. The van der Waals surface area contributed by atoms with Crippen LogP contribution in [0.5, 0.6) is 0 Å². The Morgan fingerprint density at radius 3 is 2.70 bits per heavy atom. The molecule has 0 bridgehead atoms. The number of aromatic nitrogens is 2. The number of benzene rings is 1. The lowest BCUT2D eigenvalue weighted by molar-refractivity contribution is 0.118. The van der Waals surface area contributed by atoms with Crippen LogP contribution < -0.4 is 0 Å². The molecule has 0 atom stereocenters. The lowest BCUT2D eigenvalue weighted by Crippen LogP contribution is -2.35. The third-order valence-electron chi connectivity index (χ3n) is 4.81. The molecule has 0 saturated heterocycles. The summed E-state index contributed by atoms with van der Waals surface area (Å²) in [5.74, 6) is 1.73. The molecule has 5 nitrogen and oxygen atoms in total. The SMILES string of the molecule is Cc1cccc(-c2nnc(CN(C)C3CCC(CO)CC3)o2)c1. The van der Waals surface area contributed by atoms with Crippen molar-refractivity contribution in [1.29, 1.82) is 0 Å². The van der Waals surface area contributed by atoms with E-state index in [1.54, 1.807) is 0 Å². The van der Waals surface area contributed by atoms with Crippen molar-refractivity contribution in [3.8, 4) is 11.5 Å². The Morgan fingerprint density at radius 2 is 2.00 bits per heavy atom. The van der Waals surface area contributed by atoms with Crippen molar-refractivity contribution in [2.24, 2.45) is 5.92 Å². The molecule has 1 saturated carbocycles. The molecule has 0 amide bonds. The summed E-state index contributed by atoms with van der Waals surface area (Å²) < 4.78 is 5.82. The van der Waals surface area contributed by atoms with E-state index in [-0.39, 0.29) is 0 Å². The Morgan fingerprint density at radius 1 is 1.22 bits per heavy atom. The Bertz CT molecular complexity index is 633. The monoisotopic (exact) mass is 315 g/mol. The normalized spacial score (nSPS) is 21.7. The maximum absolute atomic E-state index is 9.23.